The Morgan fingerprint density at radius 2 is 1.72 bits per heavy atom. The van der Waals surface area contributed by atoms with Crippen molar-refractivity contribution < 1.29 is 22.4 Å². The highest BCUT2D eigenvalue weighted by Gasteiger charge is 2.18. The lowest BCUT2D eigenvalue weighted by Gasteiger charge is -2.14. The molecule has 8 heteroatoms. The number of rotatable bonds is 7. The largest absolute Gasteiger partial charge is 0.324 e. The first-order chi connectivity index (χ1) is 11.9. The normalized spacial score (nSPS) is 12.2. The smallest absolute Gasteiger partial charge is 0.288 e. The second kappa shape index (κ2) is 9.15. The molecule has 0 aromatic heterocycles. The minimum Gasteiger partial charge on any atom is -0.324 e. The van der Waals surface area contributed by atoms with E-state index in [1.807, 2.05) is 0 Å². The predicted molar refractivity (Wildman–Crippen MR) is 94.2 cm³/mol. The lowest BCUT2D eigenvalue weighted by Crippen LogP contribution is -2.15. The van der Waals surface area contributed by atoms with Crippen LogP contribution in [0.1, 0.15) is 17.7 Å². The maximum atomic E-state index is 13.7. The average Bonchev–Trinajstić information content (AvgIpc) is 2.54. The molecule has 0 saturated heterocycles. The van der Waals surface area contributed by atoms with Crippen LogP contribution in [0.4, 0.5) is 23.2 Å². The highest BCUT2D eigenvalue weighted by atomic mass is 32.2. The molecular formula is C17H15F4NOS2. The minimum absolute atomic E-state index is 0.0668. The number of hydrogen-bond donors (Lipinski definition) is 1. The van der Waals surface area contributed by atoms with Gasteiger partial charge in [0.15, 0.2) is 0 Å². The molecule has 1 N–H and O–H groups in total. The molecule has 1 atom stereocenters. The highest BCUT2D eigenvalue weighted by Crippen LogP contribution is 2.33. The monoisotopic (exact) mass is 389 g/mol. The second-order valence-electron chi connectivity index (χ2n) is 5.01. The zero-order valence-corrected chi connectivity index (χ0v) is 14.8. The van der Waals surface area contributed by atoms with Crippen LogP contribution in [0.25, 0.3) is 0 Å². The fraction of sp³-hybridized carbons (Fsp3) is 0.235. The first kappa shape index (κ1) is 19.7. The van der Waals surface area contributed by atoms with E-state index in [1.165, 1.54) is 18.2 Å². The highest BCUT2D eigenvalue weighted by molar-refractivity contribution is 8.00. The number of halogens is 4. The average molecular weight is 389 g/mol. The van der Waals surface area contributed by atoms with Crippen molar-refractivity contribution in [1.29, 1.82) is 0 Å². The molecule has 0 heterocycles. The Labute approximate surface area is 151 Å². The van der Waals surface area contributed by atoms with Gasteiger partial charge in [0.25, 0.3) is 5.76 Å². The van der Waals surface area contributed by atoms with Crippen molar-refractivity contribution >= 4 is 35.1 Å². The zero-order valence-electron chi connectivity index (χ0n) is 13.1. The Kier molecular flexibility index (Phi) is 7.19. The van der Waals surface area contributed by atoms with E-state index in [0.717, 1.165) is 23.9 Å². The van der Waals surface area contributed by atoms with Gasteiger partial charge in [0.2, 0.25) is 5.91 Å². The number of carbonyl (C=O) groups is 1. The summed E-state index contributed by atoms with van der Waals surface area (Å²) in [6, 6.07) is 9.81. The summed E-state index contributed by atoms with van der Waals surface area (Å²) in [6.07, 6.45) is 0. The summed E-state index contributed by atoms with van der Waals surface area (Å²) in [6.45, 7) is 1.60. The van der Waals surface area contributed by atoms with Crippen LogP contribution in [0.2, 0.25) is 0 Å². The Hall–Kier alpha value is -1.67. The first-order valence-corrected chi connectivity index (χ1v) is 9.20. The second-order valence-corrected chi connectivity index (χ2v) is 7.37. The van der Waals surface area contributed by atoms with Crippen LogP contribution in [0.3, 0.4) is 0 Å². The Morgan fingerprint density at radius 1 is 1.08 bits per heavy atom. The number of anilines is 1. The molecule has 0 fully saturated rings. The van der Waals surface area contributed by atoms with Gasteiger partial charge in [0, 0.05) is 15.7 Å². The molecule has 134 valence electrons. The zero-order chi connectivity index (χ0) is 18.4. The molecule has 0 aliphatic heterocycles. The molecule has 1 unspecified atom stereocenters. The van der Waals surface area contributed by atoms with Crippen molar-refractivity contribution in [2.45, 2.75) is 22.8 Å². The summed E-state index contributed by atoms with van der Waals surface area (Å²) >= 11 is 1.40. The van der Waals surface area contributed by atoms with Gasteiger partial charge in [-0.2, -0.15) is 8.78 Å². The van der Waals surface area contributed by atoms with Gasteiger partial charge in [0.05, 0.1) is 11.4 Å². The van der Waals surface area contributed by atoms with Gasteiger partial charge < -0.3 is 5.32 Å². The fourth-order valence-electron chi connectivity index (χ4n) is 2.14. The van der Waals surface area contributed by atoms with E-state index < -0.39 is 28.5 Å². The van der Waals surface area contributed by atoms with E-state index in [-0.39, 0.29) is 21.9 Å². The van der Waals surface area contributed by atoms with Crippen molar-refractivity contribution in [1.82, 2.24) is 0 Å². The third kappa shape index (κ3) is 5.67. The molecule has 25 heavy (non-hydrogen) atoms. The van der Waals surface area contributed by atoms with Crippen LogP contribution in [0.5, 0.6) is 0 Å². The topological polar surface area (TPSA) is 29.1 Å². The lowest BCUT2D eigenvalue weighted by molar-refractivity contribution is -0.113. The number of nitrogens with one attached hydrogen (secondary N) is 1. The van der Waals surface area contributed by atoms with Crippen LogP contribution in [-0.2, 0) is 4.79 Å². The molecule has 0 bridgehead atoms. The molecule has 2 nitrogen and oxygen atoms in total. The SMILES string of the molecule is CC(SCC(=O)Nc1ccccc1SC(F)F)c1c(F)cccc1F. The van der Waals surface area contributed by atoms with Gasteiger partial charge in [0.1, 0.15) is 11.6 Å². The van der Waals surface area contributed by atoms with E-state index in [9.17, 15) is 22.4 Å². The minimum atomic E-state index is -2.60. The molecule has 0 radical (unpaired) electrons. The van der Waals surface area contributed by atoms with Gasteiger partial charge in [-0.15, -0.1) is 11.8 Å². The van der Waals surface area contributed by atoms with Crippen LogP contribution >= 0.6 is 23.5 Å². The van der Waals surface area contributed by atoms with Gasteiger partial charge in [-0.3, -0.25) is 4.79 Å². The molecular weight excluding hydrogens is 374 g/mol. The summed E-state index contributed by atoms with van der Waals surface area (Å²) in [5, 5.41) is 1.98. The number of hydrogen-bond acceptors (Lipinski definition) is 3. The summed E-state index contributed by atoms with van der Waals surface area (Å²) in [4.78, 5) is 12.3. The molecule has 0 aliphatic rings. The maximum Gasteiger partial charge on any atom is 0.288 e. The molecule has 2 rings (SSSR count). The van der Waals surface area contributed by atoms with Crippen molar-refractivity contribution in [3.63, 3.8) is 0 Å². The van der Waals surface area contributed by atoms with Crippen molar-refractivity contribution in [2.75, 3.05) is 11.1 Å². The van der Waals surface area contributed by atoms with E-state index in [4.69, 9.17) is 0 Å². The van der Waals surface area contributed by atoms with Crippen molar-refractivity contribution in [2.24, 2.45) is 0 Å². The van der Waals surface area contributed by atoms with Gasteiger partial charge in [-0.1, -0.05) is 30.0 Å². The third-order valence-corrected chi connectivity index (χ3v) is 5.20. The lowest BCUT2D eigenvalue weighted by atomic mass is 10.1. The van der Waals surface area contributed by atoms with E-state index in [0.29, 0.717) is 11.8 Å². The number of amides is 1. The molecule has 2 aromatic carbocycles. The van der Waals surface area contributed by atoms with E-state index in [2.05, 4.69) is 5.32 Å². The van der Waals surface area contributed by atoms with Crippen LogP contribution in [0, 0.1) is 11.6 Å². The van der Waals surface area contributed by atoms with Crippen LogP contribution in [0.15, 0.2) is 47.4 Å². The number of alkyl halides is 2. The first-order valence-electron chi connectivity index (χ1n) is 7.27. The quantitative estimate of drug-likeness (QED) is 0.486. The molecule has 0 saturated carbocycles. The van der Waals surface area contributed by atoms with Crippen molar-refractivity contribution in [3.05, 3.63) is 59.7 Å². The molecule has 0 spiro atoms. The Bertz CT molecular complexity index is 722. The summed E-state index contributed by atoms with van der Waals surface area (Å²) in [5.74, 6) is -4.44. The number of carbonyl (C=O) groups excluding carboxylic acids is 1. The van der Waals surface area contributed by atoms with E-state index in [1.54, 1.807) is 19.1 Å². The Morgan fingerprint density at radius 3 is 2.36 bits per heavy atom. The van der Waals surface area contributed by atoms with Crippen LogP contribution in [-0.4, -0.2) is 17.4 Å². The number of thioether (sulfide) groups is 2. The standard InChI is InChI=1S/C17H15F4NOS2/c1-10(16-11(18)5-4-6-12(16)19)24-9-15(23)22-13-7-2-3-8-14(13)25-17(20)21/h2-8,10,17H,9H2,1H3,(H,22,23). The third-order valence-electron chi connectivity index (χ3n) is 3.25. The summed E-state index contributed by atoms with van der Waals surface area (Å²) in [5.41, 5.74) is 0.192. The summed E-state index contributed by atoms with van der Waals surface area (Å²) in [7, 11) is 0. The van der Waals surface area contributed by atoms with Crippen molar-refractivity contribution in [3.8, 4) is 0 Å². The number of benzene rings is 2. The van der Waals surface area contributed by atoms with E-state index >= 15 is 0 Å². The van der Waals surface area contributed by atoms with Gasteiger partial charge >= 0.3 is 0 Å². The molecule has 2 aromatic rings. The Balaban J connectivity index is 1.97. The number of para-hydroxylation sites is 1. The van der Waals surface area contributed by atoms with Gasteiger partial charge in [-0.25, -0.2) is 8.78 Å². The maximum absolute atomic E-state index is 13.7. The van der Waals surface area contributed by atoms with Gasteiger partial charge in [-0.05, 0) is 31.2 Å². The molecule has 1 amide bonds. The fourth-order valence-corrected chi connectivity index (χ4v) is 3.60. The molecule has 0 aliphatic carbocycles. The predicted octanol–water partition coefficient (Wildman–Crippen LogP) is 5.71. The van der Waals surface area contributed by atoms with Crippen LogP contribution < -0.4 is 5.32 Å². The summed E-state index contributed by atoms with van der Waals surface area (Å²) < 4.78 is 52.5.